The van der Waals surface area contributed by atoms with Crippen LogP contribution in [0.1, 0.15) is 6.92 Å². The van der Waals surface area contributed by atoms with Gasteiger partial charge in [-0.2, -0.15) is 0 Å². The number of ether oxygens (including phenoxy) is 1. The molecule has 6 nitrogen and oxygen atoms in total. The molecule has 0 unspecified atom stereocenters. The molecule has 1 heterocycles. The summed E-state index contributed by atoms with van der Waals surface area (Å²) >= 11 is 0. The van der Waals surface area contributed by atoms with Crippen molar-refractivity contribution in [1.82, 2.24) is 0 Å². The zero-order valence-corrected chi connectivity index (χ0v) is 6.88. The first-order chi connectivity index (χ1) is 5.95. The molecule has 3 N–H and O–H groups in total. The number of hydrogen-bond donors (Lipinski definition) is 3. The van der Waals surface area contributed by atoms with E-state index in [0.717, 1.165) is 0 Å². The van der Waals surface area contributed by atoms with E-state index in [-0.39, 0.29) is 0 Å². The van der Waals surface area contributed by atoms with Crippen molar-refractivity contribution in [2.45, 2.75) is 25.2 Å². The molecule has 0 saturated carbocycles. The molecule has 1 fully saturated rings. The third kappa shape index (κ3) is 1.63. The summed E-state index contributed by atoms with van der Waals surface area (Å²) in [6.45, 7) is 1.36. The van der Waals surface area contributed by atoms with E-state index in [4.69, 9.17) is 5.11 Å². The highest BCUT2D eigenvalue weighted by molar-refractivity contribution is 5.81. The van der Waals surface area contributed by atoms with Crippen LogP contribution in [0.25, 0.3) is 0 Å². The van der Waals surface area contributed by atoms with Gasteiger partial charge in [0.1, 0.15) is 6.10 Å². The summed E-state index contributed by atoms with van der Waals surface area (Å²) in [5.41, 5.74) is 0. The van der Waals surface area contributed by atoms with Gasteiger partial charge in [0.25, 0.3) is 0 Å². The van der Waals surface area contributed by atoms with Crippen LogP contribution < -0.4 is 0 Å². The van der Waals surface area contributed by atoms with Crippen molar-refractivity contribution in [3.63, 3.8) is 0 Å². The Morgan fingerprint density at radius 2 is 1.92 bits per heavy atom. The van der Waals surface area contributed by atoms with E-state index < -0.39 is 36.2 Å². The number of aliphatic hydroxyl groups is 2. The van der Waals surface area contributed by atoms with E-state index in [1.54, 1.807) is 0 Å². The molecule has 0 spiro atoms. The van der Waals surface area contributed by atoms with Gasteiger partial charge in [-0.25, -0.2) is 4.79 Å². The molecule has 1 rings (SSSR count). The Balaban J connectivity index is 2.82. The Hall–Kier alpha value is -1.14. The van der Waals surface area contributed by atoms with Crippen molar-refractivity contribution in [3.8, 4) is 0 Å². The predicted octanol–water partition coefficient (Wildman–Crippen LogP) is -1.65. The number of esters is 1. The van der Waals surface area contributed by atoms with Crippen molar-refractivity contribution < 1.29 is 29.6 Å². The molecular weight excluding hydrogens is 180 g/mol. The zero-order valence-electron chi connectivity index (χ0n) is 6.88. The van der Waals surface area contributed by atoms with E-state index in [1.165, 1.54) is 6.92 Å². The van der Waals surface area contributed by atoms with Gasteiger partial charge in [0.15, 0.2) is 0 Å². The van der Waals surface area contributed by atoms with Crippen molar-refractivity contribution in [3.05, 3.63) is 0 Å². The number of rotatable bonds is 1. The lowest BCUT2D eigenvalue weighted by Gasteiger charge is -2.32. The second-order valence-corrected chi connectivity index (χ2v) is 2.97. The number of carboxylic acid groups (broad SMARTS) is 1. The smallest absolute Gasteiger partial charge is 0.347 e. The van der Waals surface area contributed by atoms with Crippen LogP contribution in [0.5, 0.6) is 0 Å². The summed E-state index contributed by atoms with van der Waals surface area (Å²) in [5, 5.41) is 26.9. The van der Waals surface area contributed by atoms with Crippen LogP contribution in [0.4, 0.5) is 0 Å². The fraction of sp³-hybridized carbons (Fsp3) is 0.714. The Morgan fingerprint density at radius 3 is 2.38 bits per heavy atom. The van der Waals surface area contributed by atoms with Crippen LogP contribution >= 0.6 is 0 Å². The number of carbonyl (C=O) groups excluding carboxylic acids is 1. The van der Waals surface area contributed by atoms with Gasteiger partial charge in [0.2, 0.25) is 6.10 Å². The van der Waals surface area contributed by atoms with Crippen LogP contribution in [-0.4, -0.2) is 45.6 Å². The van der Waals surface area contributed by atoms with Gasteiger partial charge >= 0.3 is 11.9 Å². The topological polar surface area (TPSA) is 104 Å². The molecule has 1 aliphatic rings. The molecule has 1 aliphatic heterocycles. The molecule has 0 radical (unpaired) electrons. The highest BCUT2D eigenvalue weighted by atomic mass is 16.6. The Bertz CT molecular complexity index is 237. The van der Waals surface area contributed by atoms with Gasteiger partial charge in [0, 0.05) is 0 Å². The van der Waals surface area contributed by atoms with Crippen LogP contribution in [-0.2, 0) is 14.3 Å². The minimum atomic E-state index is -1.67. The van der Waals surface area contributed by atoms with Crippen LogP contribution in [0.15, 0.2) is 0 Å². The number of aliphatic hydroxyl groups excluding tert-OH is 2. The first kappa shape index (κ1) is 9.94. The van der Waals surface area contributed by atoms with Gasteiger partial charge in [-0.05, 0) is 6.92 Å². The summed E-state index contributed by atoms with van der Waals surface area (Å²) in [6, 6.07) is 0. The maximum atomic E-state index is 10.9. The third-order valence-corrected chi connectivity index (χ3v) is 2.03. The van der Waals surface area contributed by atoms with Crippen LogP contribution in [0.2, 0.25) is 0 Å². The second-order valence-electron chi connectivity index (χ2n) is 2.97. The fourth-order valence-corrected chi connectivity index (χ4v) is 1.11. The van der Waals surface area contributed by atoms with Crippen molar-refractivity contribution in [1.29, 1.82) is 0 Å². The second kappa shape index (κ2) is 3.31. The predicted molar refractivity (Wildman–Crippen MR) is 38.7 cm³/mol. The molecule has 74 valence electrons. The van der Waals surface area contributed by atoms with E-state index in [2.05, 4.69) is 4.74 Å². The van der Waals surface area contributed by atoms with Gasteiger partial charge in [-0.15, -0.1) is 0 Å². The molecule has 0 aromatic heterocycles. The summed E-state index contributed by atoms with van der Waals surface area (Å²) in [7, 11) is 0. The summed E-state index contributed by atoms with van der Waals surface area (Å²) in [4.78, 5) is 21.3. The third-order valence-electron chi connectivity index (χ3n) is 2.03. The van der Waals surface area contributed by atoms with Crippen molar-refractivity contribution >= 4 is 11.9 Å². The maximum Gasteiger partial charge on any atom is 0.347 e. The number of aliphatic carboxylic acids is 1. The number of carbonyl (C=O) groups is 2. The molecule has 13 heavy (non-hydrogen) atoms. The van der Waals surface area contributed by atoms with Crippen LogP contribution in [0.3, 0.4) is 0 Å². The quantitative estimate of drug-likeness (QED) is 0.428. The summed E-state index contributed by atoms with van der Waals surface area (Å²) in [5.74, 6) is -3.18. The number of cyclic esters (lactones) is 1. The molecule has 1 saturated heterocycles. The number of hydrogen-bond acceptors (Lipinski definition) is 5. The Labute approximate surface area is 73.7 Å². The molecule has 0 amide bonds. The minimum absolute atomic E-state index is 0.815. The van der Waals surface area contributed by atoms with Crippen molar-refractivity contribution in [2.24, 2.45) is 5.92 Å². The molecule has 0 aliphatic carbocycles. The first-order valence-corrected chi connectivity index (χ1v) is 3.74. The van der Waals surface area contributed by atoms with E-state index in [1.807, 2.05) is 0 Å². The largest absolute Gasteiger partial charge is 0.478 e. The highest BCUT2D eigenvalue weighted by Gasteiger charge is 2.45. The monoisotopic (exact) mass is 190 g/mol. The highest BCUT2D eigenvalue weighted by Crippen LogP contribution is 2.21. The van der Waals surface area contributed by atoms with Crippen LogP contribution in [0, 0.1) is 5.92 Å². The maximum absolute atomic E-state index is 10.9. The Morgan fingerprint density at radius 1 is 1.38 bits per heavy atom. The fourth-order valence-electron chi connectivity index (χ4n) is 1.11. The lowest BCUT2D eigenvalue weighted by atomic mass is 9.93. The first-order valence-electron chi connectivity index (χ1n) is 3.74. The van der Waals surface area contributed by atoms with E-state index in [9.17, 15) is 19.8 Å². The average molecular weight is 190 g/mol. The number of carboxylic acids is 1. The molecule has 0 aromatic carbocycles. The van der Waals surface area contributed by atoms with Gasteiger partial charge < -0.3 is 20.1 Å². The average Bonchev–Trinajstić information content (AvgIpc) is 2.07. The van der Waals surface area contributed by atoms with E-state index in [0.29, 0.717) is 0 Å². The Kier molecular flexibility index (Phi) is 2.53. The molecule has 0 bridgehead atoms. The van der Waals surface area contributed by atoms with Gasteiger partial charge in [-0.3, -0.25) is 4.79 Å². The van der Waals surface area contributed by atoms with E-state index >= 15 is 0 Å². The minimum Gasteiger partial charge on any atom is -0.478 e. The molecule has 4 atom stereocenters. The van der Waals surface area contributed by atoms with Gasteiger partial charge in [0.05, 0.1) is 12.0 Å². The van der Waals surface area contributed by atoms with Crippen molar-refractivity contribution in [2.75, 3.05) is 0 Å². The standard InChI is InChI=1S/C7H10O6/c1-2-3(8)4(9)5(6(10)11)13-7(2)12/h2-5,8-9H,1H3,(H,10,11)/t2-,3-,4-,5-/m0/s1. The SMILES string of the molecule is C[C@@H]1C(=O)O[C@H](C(=O)O)[C@@H](O)[C@H]1O. The molecular formula is C7H10O6. The lowest BCUT2D eigenvalue weighted by molar-refractivity contribution is -0.199. The zero-order chi connectivity index (χ0) is 10.2. The summed E-state index contributed by atoms with van der Waals surface area (Å²) in [6.07, 6.45) is -4.62. The molecule has 0 aromatic rings. The normalized spacial score (nSPS) is 39.8. The molecule has 6 heteroatoms. The summed E-state index contributed by atoms with van der Waals surface area (Å²) < 4.78 is 4.39. The van der Waals surface area contributed by atoms with Gasteiger partial charge in [-0.1, -0.05) is 0 Å². The lowest BCUT2D eigenvalue weighted by Crippen LogP contribution is -2.54.